The van der Waals surface area contributed by atoms with Gasteiger partial charge in [0.15, 0.2) is 0 Å². The average Bonchev–Trinajstić information content (AvgIpc) is 3.87. The van der Waals surface area contributed by atoms with Gasteiger partial charge >= 0.3 is 0 Å². The Balaban J connectivity index is 1.12. The van der Waals surface area contributed by atoms with Crippen molar-refractivity contribution in [2.45, 2.75) is 5.41 Å². The van der Waals surface area contributed by atoms with Crippen LogP contribution in [0.1, 0.15) is 22.3 Å². The molecule has 2 nitrogen and oxygen atoms in total. The van der Waals surface area contributed by atoms with Crippen LogP contribution in [0.3, 0.4) is 0 Å². The molecular weight excluding hydrogens is 785 g/mol. The molecule has 302 valence electrons. The minimum Gasteiger partial charge on any atom is -0.310 e. The maximum atomic E-state index is 2.54. The maximum Gasteiger partial charge on any atom is 0.0732 e. The summed E-state index contributed by atoms with van der Waals surface area (Å²) in [5.74, 6) is 0. The van der Waals surface area contributed by atoms with Crippen LogP contribution in [0.2, 0.25) is 0 Å². The van der Waals surface area contributed by atoms with E-state index in [0.29, 0.717) is 0 Å². The van der Waals surface area contributed by atoms with Crippen LogP contribution in [-0.2, 0) is 5.41 Å². The molecule has 0 radical (unpaired) electrons. The molecule has 11 aromatic carbocycles. The van der Waals surface area contributed by atoms with Crippen molar-refractivity contribution >= 4 is 60.4 Å². The van der Waals surface area contributed by atoms with Crippen molar-refractivity contribution in [2.75, 3.05) is 4.90 Å². The second-order valence-corrected chi connectivity index (χ2v) is 17.6. The number of para-hydroxylation sites is 2. The molecule has 0 aliphatic heterocycles. The Kier molecular flexibility index (Phi) is 7.64. The summed E-state index contributed by atoms with van der Waals surface area (Å²) in [5, 5.41) is 7.44. The van der Waals surface area contributed by atoms with E-state index in [2.05, 4.69) is 252 Å². The molecule has 2 aliphatic carbocycles. The van der Waals surface area contributed by atoms with Crippen LogP contribution in [0.5, 0.6) is 0 Å². The summed E-state index contributed by atoms with van der Waals surface area (Å²) in [5.41, 5.74) is 19.1. The van der Waals surface area contributed by atoms with Gasteiger partial charge in [-0.3, -0.25) is 0 Å². The molecule has 65 heavy (non-hydrogen) atoms. The van der Waals surface area contributed by atoms with E-state index in [-0.39, 0.29) is 0 Å². The molecule has 1 aromatic heterocycles. The average molecular weight is 825 g/mol. The van der Waals surface area contributed by atoms with Crippen molar-refractivity contribution in [3.05, 3.63) is 265 Å². The molecular formula is C63H40N2. The summed E-state index contributed by atoms with van der Waals surface area (Å²) in [7, 11) is 0. The fourth-order valence-corrected chi connectivity index (χ4v) is 11.8. The molecule has 1 spiro atoms. The third kappa shape index (κ3) is 4.99. The molecule has 0 saturated carbocycles. The van der Waals surface area contributed by atoms with Crippen molar-refractivity contribution in [1.82, 2.24) is 4.57 Å². The largest absolute Gasteiger partial charge is 0.310 e. The number of benzene rings is 11. The molecule has 0 saturated heterocycles. The van der Waals surface area contributed by atoms with E-state index in [9.17, 15) is 0 Å². The minimum atomic E-state index is -0.623. The zero-order valence-corrected chi connectivity index (χ0v) is 35.5. The monoisotopic (exact) mass is 824 g/mol. The molecule has 1 heterocycles. The molecule has 0 amide bonds. The summed E-state index contributed by atoms with van der Waals surface area (Å²) in [6.45, 7) is 0. The maximum absolute atomic E-state index is 2.54. The van der Waals surface area contributed by atoms with Crippen molar-refractivity contribution in [3.63, 3.8) is 0 Å². The number of rotatable bonds is 5. The van der Waals surface area contributed by atoms with Gasteiger partial charge in [-0.05, 0) is 132 Å². The second-order valence-electron chi connectivity index (χ2n) is 17.6. The van der Waals surface area contributed by atoms with E-state index < -0.39 is 5.41 Å². The molecule has 0 fully saturated rings. The second kappa shape index (κ2) is 13.8. The van der Waals surface area contributed by atoms with Crippen LogP contribution in [0.4, 0.5) is 17.1 Å². The van der Waals surface area contributed by atoms with Crippen molar-refractivity contribution < 1.29 is 0 Å². The Bertz CT molecular complexity index is 3900. The van der Waals surface area contributed by atoms with Crippen molar-refractivity contribution in [1.29, 1.82) is 0 Å². The van der Waals surface area contributed by atoms with E-state index in [4.69, 9.17) is 0 Å². The van der Waals surface area contributed by atoms with E-state index in [1.807, 2.05) is 0 Å². The quantitative estimate of drug-likeness (QED) is 0.168. The molecule has 12 aromatic rings. The number of hydrogen-bond acceptors (Lipinski definition) is 1. The van der Waals surface area contributed by atoms with Gasteiger partial charge in [0.05, 0.1) is 22.1 Å². The van der Waals surface area contributed by atoms with Crippen LogP contribution < -0.4 is 4.90 Å². The van der Waals surface area contributed by atoms with Gasteiger partial charge < -0.3 is 9.47 Å². The number of hydrogen-bond donors (Lipinski definition) is 0. The topological polar surface area (TPSA) is 8.17 Å². The van der Waals surface area contributed by atoms with Gasteiger partial charge in [0.25, 0.3) is 0 Å². The zero-order valence-electron chi connectivity index (χ0n) is 35.5. The lowest BCUT2D eigenvalue weighted by atomic mass is 9.60. The number of aromatic nitrogens is 1. The summed E-state index contributed by atoms with van der Waals surface area (Å²) in [6.07, 6.45) is 0. The van der Waals surface area contributed by atoms with Gasteiger partial charge in [0.1, 0.15) is 0 Å². The first-order valence-electron chi connectivity index (χ1n) is 22.6. The van der Waals surface area contributed by atoms with E-state index in [0.717, 1.165) is 22.7 Å². The molecule has 0 N–H and O–H groups in total. The first-order chi connectivity index (χ1) is 32.3. The van der Waals surface area contributed by atoms with Gasteiger partial charge in [0.2, 0.25) is 0 Å². The smallest absolute Gasteiger partial charge is 0.0732 e. The SMILES string of the molecule is c1ccc(-c2ccc3cccc4c3c2C2(c3ccccc3-c3ccc(N(c5ccc6ccccc6c5)c5cccc6c5c5ccccc5n6-c5ccccc5)cc32)c2ccccc2-4)cc1. The summed E-state index contributed by atoms with van der Waals surface area (Å²) < 4.78 is 2.42. The third-order valence-electron chi connectivity index (χ3n) is 14.3. The van der Waals surface area contributed by atoms with Crippen LogP contribution in [-0.4, -0.2) is 4.57 Å². The van der Waals surface area contributed by atoms with Crippen LogP contribution in [0, 0.1) is 0 Å². The van der Waals surface area contributed by atoms with Crippen LogP contribution in [0.15, 0.2) is 243 Å². The van der Waals surface area contributed by atoms with Crippen molar-refractivity contribution in [3.8, 4) is 39.1 Å². The highest BCUT2D eigenvalue weighted by atomic mass is 15.1. The Hall–Kier alpha value is -8.46. The molecule has 1 unspecified atom stereocenters. The Morgan fingerprint density at radius 3 is 1.74 bits per heavy atom. The zero-order chi connectivity index (χ0) is 42.6. The first-order valence-corrected chi connectivity index (χ1v) is 22.6. The van der Waals surface area contributed by atoms with Gasteiger partial charge in [0, 0.05) is 27.8 Å². The predicted molar refractivity (Wildman–Crippen MR) is 272 cm³/mol. The van der Waals surface area contributed by atoms with E-state index in [1.54, 1.807) is 0 Å². The Labute approximate surface area is 377 Å². The lowest BCUT2D eigenvalue weighted by Crippen LogP contribution is -2.32. The summed E-state index contributed by atoms with van der Waals surface area (Å²) >= 11 is 0. The summed E-state index contributed by atoms with van der Waals surface area (Å²) in [4.78, 5) is 2.52. The molecule has 2 heteroatoms. The fourth-order valence-electron chi connectivity index (χ4n) is 11.8. The lowest BCUT2D eigenvalue weighted by Gasteiger charge is -2.41. The molecule has 1 atom stereocenters. The number of anilines is 3. The van der Waals surface area contributed by atoms with Crippen LogP contribution in [0.25, 0.3) is 82.4 Å². The highest BCUT2D eigenvalue weighted by Gasteiger charge is 2.51. The van der Waals surface area contributed by atoms with E-state index >= 15 is 0 Å². The Morgan fingerprint density at radius 1 is 0.338 bits per heavy atom. The lowest BCUT2D eigenvalue weighted by molar-refractivity contribution is 0.775. The highest BCUT2D eigenvalue weighted by molar-refractivity contribution is 6.17. The van der Waals surface area contributed by atoms with Gasteiger partial charge in [-0.15, -0.1) is 0 Å². The van der Waals surface area contributed by atoms with Crippen LogP contribution >= 0.6 is 0 Å². The number of nitrogens with zero attached hydrogens (tertiary/aromatic N) is 2. The Morgan fingerprint density at radius 2 is 0.908 bits per heavy atom. The molecule has 2 aliphatic rings. The number of fused-ring (bicyclic) bond motifs is 13. The van der Waals surface area contributed by atoms with Gasteiger partial charge in [-0.1, -0.05) is 188 Å². The first kappa shape index (κ1) is 36.1. The molecule has 14 rings (SSSR count). The fraction of sp³-hybridized carbons (Fsp3) is 0.0159. The van der Waals surface area contributed by atoms with Gasteiger partial charge in [-0.25, -0.2) is 0 Å². The van der Waals surface area contributed by atoms with Gasteiger partial charge in [-0.2, -0.15) is 0 Å². The minimum absolute atomic E-state index is 0.623. The standard InChI is InChI=1S/C63H40N2/c1-3-18-42(19-4-1)48-37-34-43-21-15-27-52-50-25-10-13-29-55(50)63(62(48)60(43)52)54-28-12-9-24-49(54)51-38-36-47(40-56(51)63)64(46-35-33-41-17-7-8-20-44(41)39-46)58-31-16-32-59-61(58)53-26-11-14-30-57(53)65(59)45-22-5-2-6-23-45/h1-40H. The third-order valence-corrected chi connectivity index (χ3v) is 14.3. The van der Waals surface area contributed by atoms with E-state index in [1.165, 1.54) is 99.0 Å². The highest BCUT2D eigenvalue weighted by Crippen LogP contribution is 2.64. The predicted octanol–water partition coefficient (Wildman–Crippen LogP) is 16.6. The molecule has 0 bridgehead atoms. The summed E-state index contributed by atoms with van der Waals surface area (Å²) in [6, 6.07) is 90.4. The van der Waals surface area contributed by atoms with Crippen molar-refractivity contribution in [2.24, 2.45) is 0 Å². The normalized spacial score (nSPS) is 14.5.